The molecule has 2 rings (SSSR count). The number of allylic oxidation sites excluding steroid dienone is 6. The predicted molar refractivity (Wildman–Crippen MR) is 92.5 cm³/mol. The number of benzene rings is 1. The lowest BCUT2D eigenvalue weighted by atomic mass is 10.2. The summed E-state index contributed by atoms with van der Waals surface area (Å²) in [6.45, 7) is 3.20. The smallest absolute Gasteiger partial charge is 0.228 e. The van der Waals surface area contributed by atoms with E-state index in [1.165, 1.54) is 17.9 Å². The molecule has 1 aromatic carbocycles. The predicted octanol–water partition coefficient (Wildman–Crippen LogP) is 3.41. The molecule has 1 aromatic rings. The summed E-state index contributed by atoms with van der Waals surface area (Å²) in [7, 11) is 1.96. The molecular weight excluding hydrogens is 288 g/mol. The third kappa shape index (κ3) is 4.07. The van der Waals surface area contributed by atoms with E-state index in [9.17, 15) is 9.59 Å². The third-order valence-corrected chi connectivity index (χ3v) is 3.45. The topological polar surface area (TPSA) is 40.6 Å². The average molecular weight is 308 g/mol. The monoisotopic (exact) mass is 308 g/mol. The van der Waals surface area contributed by atoms with Crippen molar-refractivity contribution in [2.75, 3.05) is 11.9 Å². The van der Waals surface area contributed by atoms with Gasteiger partial charge in [-0.05, 0) is 31.2 Å². The molecule has 1 heterocycles. The minimum Gasteiger partial charge on any atom is -0.351 e. The van der Waals surface area contributed by atoms with Gasteiger partial charge in [0.2, 0.25) is 11.7 Å². The van der Waals surface area contributed by atoms with E-state index in [0.717, 1.165) is 5.69 Å². The molecule has 0 fully saturated rings. The first kappa shape index (κ1) is 16.5. The number of para-hydroxylation sites is 1. The molecule has 4 nitrogen and oxygen atoms in total. The first-order valence-electron chi connectivity index (χ1n) is 7.37. The zero-order chi connectivity index (χ0) is 16.8. The number of hydrogen-bond acceptors (Lipinski definition) is 3. The Hall–Kier alpha value is -2.88. The van der Waals surface area contributed by atoms with Crippen molar-refractivity contribution < 1.29 is 9.59 Å². The van der Waals surface area contributed by atoms with E-state index in [1.807, 2.05) is 60.6 Å². The molecule has 0 atom stereocenters. The van der Waals surface area contributed by atoms with Crippen molar-refractivity contribution >= 4 is 17.4 Å². The number of hydrogen-bond donors (Lipinski definition) is 0. The summed E-state index contributed by atoms with van der Waals surface area (Å²) in [5.74, 6) is -0.309. The number of carbonyl (C=O) groups is 2. The molecule has 0 aliphatic carbocycles. The van der Waals surface area contributed by atoms with Crippen molar-refractivity contribution in [1.29, 1.82) is 0 Å². The molecule has 4 heteroatoms. The lowest BCUT2D eigenvalue weighted by molar-refractivity contribution is -0.126. The fraction of sp³-hybridized carbons (Fsp3) is 0.158. The van der Waals surface area contributed by atoms with Crippen molar-refractivity contribution in [2.24, 2.45) is 0 Å². The molecule has 0 saturated carbocycles. The summed E-state index contributed by atoms with van der Waals surface area (Å²) in [6, 6.07) is 9.98. The molecule has 0 spiro atoms. The van der Waals surface area contributed by atoms with Crippen molar-refractivity contribution in [3.63, 3.8) is 0 Å². The molecule has 0 aromatic heterocycles. The zero-order valence-electron chi connectivity index (χ0n) is 13.6. The van der Waals surface area contributed by atoms with E-state index in [1.54, 1.807) is 19.1 Å². The van der Waals surface area contributed by atoms with E-state index in [-0.39, 0.29) is 11.7 Å². The van der Waals surface area contributed by atoms with Crippen LogP contribution in [0, 0.1) is 0 Å². The maximum absolute atomic E-state index is 11.9. The Morgan fingerprint density at radius 3 is 2.48 bits per heavy atom. The van der Waals surface area contributed by atoms with Crippen LogP contribution in [0.15, 0.2) is 78.3 Å². The average Bonchev–Trinajstić information content (AvgIpc) is 2.81. The fourth-order valence-electron chi connectivity index (χ4n) is 2.34. The molecule has 0 bridgehead atoms. The highest BCUT2D eigenvalue weighted by Crippen LogP contribution is 2.22. The second-order valence-electron chi connectivity index (χ2n) is 5.23. The molecule has 1 aliphatic rings. The van der Waals surface area contributed by atoms with E-state index >= 15 is 0 Å². The summed E-state index contributed by atoms with van der Waals surface area (Å²) in [6.07, 6.45) is 10.5. The van der Waals surface area contributed by atoms with Crippen LogP contribution in [0.25, 0.3) is 0 Å². The largest absolute Gasteiger partial charge is 0.351 e. The SMILES string of the molecule is CC(=O)N1C(C)=CC(=O)/C1=C/C=C/C=C/N(C)c1ccccc1. The molecule has 0 radical (unpaired) electrons. The second-order valence-corrected chi connectivity index (χ2v) is 5.23. The molecule has 23 heavy (non-hydrogen) atoms. The Balaban J connectivity index is 2.02. The van der Waals surface area contributed by atoms with Gasteiger partial charge in [0.1, 0.15) is 0 Å². The Morgan fingerprint density at radius 2 is 1.83 bits per heavy atom. The van der Waals surface area contributed by atoms with Gasteiger partial charge in [0.15, 0.2) is 0 Å². The van der Waals surface area contributed by atoms with E-state index in [0.29, 0.717) is 11.4 Å². The summed E-state index contributed by atoms with van der Waals surface area (Å²) in [5.41, 5.74) is 2.13. The molecular formula is C19H20N2O2. The first-order valence-corrected chi connectivity index (χ1v) is 7.37. The van der Waals surface area contributed by atoms with Crippen LogP contribution < -0.4 is 4.90 Å². The highest BCUT2D eigenvalue weighted by molar-refractivity contribution is 6.10. The van der Waals surface area contributed by atoms with Gasteiger partial charge in [-0.3, -0.25) is 14.5 Å². The van der Waals surface area contributed by atoms with Crippen LogP contribution in [-0.4, -0.2) is 23.6 Å². The zero-order valence-corrected chi connectivity index (χ0v) is 13.6. The van der Waals surface area contributed by atoms with Crippen molar-refractivity contribution in [2.45, 2.75) is 13.8 Å². The Morgan fingerprint density at radius 1 is 1.13 bits per heavy atom. The van der Waals surface area contributed by atoms with Crippen LogP contribution in [0.3, 0.4) is 0 Å². The number of ketones is 1. The quantitative estimate of drug-likeness (QED) is 0.632. The van der Waals surface area contributed by atoms with Crippen molar-refractivity contribution in [1.82, 2.24) is 4.90 Å². The van der Waals surface area contributed by atoms with Gasteiger partial charge < -0.3 is 4.90 Å². The number of amides is 1. The molecule has 0 N–H and O–H groups in total. The van der Waals surface area contributed by atoms with Crippen LogP contribution in [0.5, 0.6) is 0 Å². The fourth-order valence-corrected chi connectivity index (χ4v) is 2.34. The van der Waals surface area contributed by atoms with E-state index in [2.05, 4.69) is 0 Å². The van der Waals surface area contributed by atoms with Gasteiger partial charge in [0, 0.05) is 37.6 Å². The van der Waals surface area contributed by atoms with Gasteiger partial charge in [-0.25, -0.2) is 0 Å². The summed E-state index contributed by atoms with van der Waals surface area (Å²) < 4.78 is 0. The number of carbonyl (C=O) groups excluding carboxylic acids is 2. The molecule has 1 amide bonds. The Labute approximate surface area is 136 Å². The Kier molecular flexibility index (Phi) is 5.31. The minimum absolute atomic E-state index is 0.146. The number of anilines is 1. The lowest BCUT2D eigenvalue weighted by Gasteiger charge is -2.16. The van der Waals surface area contributed by atoms with Gasteiger partial charge in [-0.2, -0.15) is 0 Å². The van der Waals surface area contributed by atoms with Crippen LogP contribution in [0.2, 0.25) is 0 Å². The standard InChI is InChI=1S/C19H20N2O2/c1-15-14-19(23)18(21(15)16(2)22)12-8-5-9-13-20(3)17-10-6-4-7-11-17/h4-14H,1-3H3/b8-5+,13-9+,18-12-. The number of rotatable bonds is 4. The van der Waals surface area contributed by atoms with Gasteiger partial charge in [-0.15, -0.1) is 0 Å². The molecule has 1 aliphatic heterocycles. The van der Waals surface area contributed by atoms with Gasteiger partial charge in [-0.1, -0.05) is 30.4 Å². The van der Waals surface area contributed by atoms with Crippen molar-refractivity contribution in [3.05, 3.63) is 78.3 Å². The summed E-state index contributed by atoms with van der Waals surface area (Å²) in [5, 5.41) is 0. The highest BCUT2D eigenvalue weighted by atomic mass is 16.2. The van der Waals surface area contributed by atoms with Crippen LogP contribution in [-0.2, 0) is 9.59 Å². The van der Waals surface area contributed by atoms with Crippen LogP contribution >= 0.6 is 0 Å². The molecule has 118 valence electrons. The highest BCUT2D eigenvalue weighted by Gasteiger charge is 2.26. The van der Waals surface area contributed by atoms with Crippen LogP contribution in [0.4, 0.5) is 5.69 Å². The van der Waals surface area contributed by atoms with Gasteiger partial charge in [0.05, 0.1) is 5.70 Å². The summed E-state index contributed by atoms with van der Waals surface area (Å²) in [4.78, 5) is 26.9. The van der Waals surface area contributed by atoms with Crippen molar-refractivity contribution in [3.8, 4) is 0 Å². The normalized spacial score (nSPS) is 16.7. The first-order chi connectivity index (χ1) is 11.0. The van der Waals surface area contributed by atoms with Gasteiger partial charge in [0.25, 0.3) is 0 Å². The van der Waals surface area contributed by atoms with E-state index < -0.39 is 0 Å². The van der Waals surface area contributed by atoms with Gasteiger partial charge >= 0.3 is 0 Å². The third-order valence-electron chi connectivity index (χ3n) is 3.45. The molecule has 0 saturated heterocycles. The second kappa shape index (κ2) is 7.40. The van der Waals surface area contributed by atoms with E-state index in [4.69, 9.17) is 0 Å². The maximum Gasteiger partial charge on any atom is 0.228 e. The maximum atomic E-state index is 11.9. The number of nitrogens with zero attached hydrogens (tertiary/aromatic N) is 2. The van der Waals surface area contributed by atoms with Crippen LogP contribution in [0.1, 0.15) is 13.8 Å². The minimum atomic E-state index is -0.163. The Bertz CT molecular complexity index is 712. The summed E-state index contributed by atoms with van der Waals surface area (Å²) >= 11 is 0. The molecule has 0 unspecified atom stereocenters. The lowest BCUT2D eigenvalue weighted by Crippen LogP contribution is -2.24.